The maximum Gasteiger partial charge on any atom is 0.326 e. The van der Waals surface area contributed by atoms with Crippen molar-refractivity contribution in [2.24, 2.45) is 0 Å². The quantitative estimate of drug-likeness (QED) is 0.621. The summed E-state index contributed by atoms with van der Waals surface area (Å²) < 4.78 is 1.19. The molecule has 2 aromatic carbocycles. The average Bonchev–Trinajstić information content (AvgIpc) is 2.70. The third kappa shape index (κ3) is 5.52. The van der Waals surface area contributed by atoms with Gasteiger partial charge in [0.05, 0.1) is 11.9 Å². The van der Waals surface area contributed by atoms with Gasteiger partial charge in [-0.05, 0) is 17.7 Å². The van der Waals surface area contributed by atoms with Gasteiger partial charge in [0, 0.05) is 23.2 Å². The molecule has 148 valence electrons. The molecule has 0 bridgehead atoms. The lowest BCUT2D eigenvalue weighted by Crippen LogP contribution is -2.44. The van der Waals surface area contributed by atoms with Gasteiger partial charge >= 0.3 is 5.97 Å². The molecular weight excluding hydrogens is 394 g/mol. The van der Waals surface area contributed by atoms with Crippen LogP contribution < -0.4 is 10.9 Å². The Balaban J connectivity index is 1.73. The molecule has 0 radical (unpaired) electrons. The first kappa shape index (κ1) is 20.3. The summed E-state index contributed by atoms with van der Waals surface area (Å²) in [5, 5.41) is 12.5. The number of carbonyl (C=O) groups is 2. The Morgan fingerprint density at radius 2 is 1.79 bits per heavy atom. The SMILES string of the molecule is O=C(Cn1cc(-c2ccc(Cl)cc2)ncc1=O)NC(Cc1ccccc1)C(=O)O. The Hall–Kier alpha value is -3.45. The summed E-state index contributed by atoms with van der Waals surface area (Å²) in [5.74, 6) is -1.73. The molecule has 1 atom stereocenters. The van der Waals surface area contributed by atoms with Gasteiger partial charge in [0.15, 0.2) is 0 Å². The number of rotatable bonds is 7. The fourth-order valence-electron chi connectivity index (χ4n) is 2.78. The fraction of sp³-hybridized carbons (Fsp3) is 0.143. The van der Waals surface area contributed by atoms with Crippen molar-refractivity contribution in [2.45, 2.75) is 19.0 Å². The molecular formula is C21H18ClN3O4. The predicted molar refractivity (Wildman–Crippen MR) is 109 cm³/mol. The number of amides is 1. The molecule has 0 saturated heterocycles. The molecule has 1 amide bonds. The highest BCUT2D eigenvalue weighted by Crippen LogP contribution is 2.18. The second-order valence-corrected chi connectivity index (χ2v) is 6.83. The molecule has 8 heteroatoms. The van der Waals surface area contributed by atoms with E-state index in [9.17, 15) is 19.5 Å². The number of hydrogen-bond donors (Lipinski definition) is 2. The van der Waals surface area contributed by atoms with Crippen LogP contribution in [0.15, 0.2) is 71.8 Å². The van der Waals surface area contributed by atoms with E-state index in [0.717, 1.165) is 17.3 Å². The number of hydrogen-bond acceptors (Lipinski definition) is 4. The lowest BCUT2D eigenvalue weighted by molar-refractivity contribution is -0.141. The standard InChI is InChI=1S/C21H18ClN3O4/c22-16-8-6-15(7-9-16)18-12-25(20(27)11-23-18)13-19(26)24-17(21(28)29)10-14-4-2-1-3-5-14/h1-9,11-12,17H,10,13H2,(H,24,26)(H,28,29). The molecule has 0 saturated carbocycles. The van der Waals surface area contributed by atoms with Crippen molar-refractivity contribution >= 4 is 23.5 Å². The van der Waals surface area contributed by atoms with Gasteiger partial charge in [-0.1, -0.05) is 54.1 Å². The lowest BCUT2D eigenvalue weighted by atomic mass is 10.1. The highest BCUT2D eigenvalue weighted by atomic mass is 35.5. The number of aliphatic carboxylic acids is 1. The number of carboxylic acids is 1. The summed E-state index contributed by atoms with van der Waals surface area (Å²) >= 11 is 5.88. The van der Waals surface area contributed by atoms with E-state index in [-0.39, 0.29) is 13.0 Å². The van der Waals surface area contributed by atoms with Crippen LogP contribution in [0.4, 0.5) is 0 Å². The van der Waals surface area contributed by atoms with Crippen LogP contribution in [0.2, 0.25) is 5.02 Å². The molecule has 3 rings (SSSR count). The number of nitrogens with one attached hydrogen (secondary N) is 1. The van der Waals surface area contributed by atoms with Crippen molar-refractivity contribution in [1.29, 1.82) is 0 Å². The summed E-state index contributed by atoms with van der Waals surface area (Å²) in [7, 11) is 0. The predicted octanol–water partition coefficient (Wildman–Crippen LogP) is 2.38. The third-order valence-electron chi connectivity index (χ3n) is 4.25. The maximum atomic E-state index is 12.4. The van der Waals surface area contributed by atoms with E-state index in [4.69, 9.17) is 11.6 Å². The molecule has 2 N–H and O–H groups in total. The number of carbonyl (C=O) groups excluding carboxylic acids is 1. The lowest BCUT2D eigenvalue weighted by Gasteiger charge is -2.15. The smallest absolute Gasteiger partial charge is 0.326 e. The van der Waals surface area contributed by atoms with Crippen LogP contribution in [-0.4, -0.2) is 32.6 Å². The summed E-state index contributed by atoms with van der Waals surface area (Å²) in [6.45, 7) is -0.319. The molecule has 0 aliphatic heterocycles. The topological polar surface area (TPSA) is 101 Å². The minimum absolute atomic E-state index is 0.142. The molecule has 29 heavy (non-hydrogen) atoms. The van der Waals surface area contributed by atoms with Gasteiger partial charge in [-0.3, -0.25) is 9.59 Å². The number of aromatic nitrogens is 2. The van der Waals surface area contributed by atoms with Crippen molar-refractivity contribution in [3.05, 3.63) is 87.9 Å². The van der Waals surface area contributed by atoms with E-state index in [0.29, 0.717) is 10.7 Å². The van der Waals surface area contributed by atoms with Gasteiger partial charge in [-0.25, -0.2) is 9.78 Å². The van der Waals surface area contributed by atoms with Gasteiger partial charge in [-0.2, -0.15) is 0 Å². The van der Waals surface area contributed by atoms with E-state index in [1.54, 1.807) is 48.5 Å². The molecule has 1 aromatic heterocycles. The minimum atomic E-state index is -1.15. The summed E-state index contributed by atoms with van der Waals surface area (Å²) in [4.78, 5) is 40.1. The first-order chi connectivity index (χ1) is 13.9. The minimum Gasteiger partial charge on any atom is -0.480 e. The zero-order chi connectivity index (χ0) is 20.8. The molecule has 1 heterocycles. The van der Waals surface area contributed by atoms with Gasteiger partial charge < -0.3 is 15.0 Å². The van der Waals surface area contributed by atoms with Crippen molar-refractivity contribution < 1.29 is 14.7 Å². The molecule has 0 aliphatic carbocycles. The molecule has 0 fully saturated rings. The molecule has 0 spiro atoms. The van der Waals surface area contributed by atoms with Crippen LogP contribution in [0, 0.1) is 0 Å². The van der Waals surface area contributed by atoms with Crippen LogP contribution in [-0.2, 0) is 22.6 Å². The van der Waals surface area contributed by atoms with E-state index in [1.807, 2.05) is 6.07 Å². The molecule has 3 aromatic rings. The normalized spacial score (nSPS) is 11.6. The number of benzene rings is 2. The van der Waals surface area contributed by atoms with Crippen molar-refractivity contribution in [3.8, 4) is 11.3 Å². The average molecular weight is 412 g/mol. The van der Waals surface area contributed by atoms with Crippen LogP contribution in [0.3, 0.4) is 0 Å². The van der Waals surface area contributed by atoms with E-state index in [1.165, 1.54) is 10.8 Å². The van der Waals surface area contributed by atoms with E-state index in [2.05, 4.69) is 10.3 Å². The number of carboxylic acid groups (broad SMARTS) is 1. The van der Waals surface area contributed by atoms with Crippen LogP contribution in [0.5, 0.6) is 0 Å². The van der Waals surface area contributed by atoms with Crippen LogP contribution in [0.1, 0.15) is 5.56 Å². The third-order valence-corrected chi connectivity index (χ3v) is 4.50. The Labute approximate surface area is 171 Å². The van der Waals surface area contributed by atoms with E-state index < -0.39 is 23.5 Å². The second-order valence-electron chi connectivity index (χ2n) is 6.39. The Morgan fingerprint density at radius 3 is 2.45 bits per heavy atom. The van der Waals surface area contributed by atoms with Crippen molar-refractivity contribution in [3.63, 3.8) is 0 Å². The Bertz CT molecular complexity index is 1070. The first-order valence-corrected chi connectivity index (χ1v) is 9.18. The second kappa shape index (κ2) is 9.16. The molecule has 7 nitrogen and oxygen atoms in total. The maximum absolute atomic E-state index is 12.4. The van der Waals surface area contributed by atoms with E-state index >= 15 is 0 Å². The zero-order valence-electron chi connectivity index (χ0n) is 15.3. The highest BCUT2D eigenvalue weighted by molar-refractivity contribution is 6.30. The van der Waals surface area contributed by atoms with Crippen LogP contribution in [0.25, 0.3) is 11.3 Å². The largest absolute Gasteiger partial charge is 0.480 e. The Morgan fingerprint density at radius 1 is 1.10 bits per heavy atom. The van der Waals surface area contributed by atoms with Crippen molar-refractivity contribution in [1.82, 2.24) is 14.9 Å². The highest BCUT2D eigenvalue weighted by Gasteiger charge is 2.20. The number of halogens is 1. The fourth-order valence-corrected chi connectivity index (χ4v) is 2.91. The number of nitrogens with zero attached hydrogens (tertiary/aromatic N) is 2. The zero-order valence-corrected chi connectivity index (χ0v) is 16.0. The summed E-state index contributed by atoms with van der Waals surface area (Å²) in [6.07, 6.45) is 2.72. The van der Waals surface area contributed by atoms with Gasteiger partial charge in [0.25, 0.3) is 5.56 Å². The summed E-state index contributed by atoms with van der Waals surface area (Å²) in [5.41, 5.74) is 1.54. The van der Waals surface area contributed by atoms with Gasteiger partial charge in [0.1, 0.15) is 12.6 Å². The van der Waals surface area contributed by atoms with Gasteiger partial charge in [-0.15, -0.1) is 0 Å². The van der Waals surface area contributed by atoms with Crippen molar-refractivity contribution in [2.75, 3.05) is 0 Å². The van der Waals surface area contributed by atoms with Gasteiger partial charge in [0.2, 0.25) is 5.91 Å². The Kier molecular flexibility index (Phi) is 6.41. The molecule has 0 aliphatic rings. The van der Waals surface area contributed by atoms with Crippen LogP contribution >= 0.6 is 11.6 Å². The first-order valence-electron chi connectivity index (χ1n) is 8.81. The summed E-state index contributed by atoms with van der Waals surface area (Å²) in [6, 6.07) is 14.8. The monoisotopic (exact) mass is 411 g/mol. The molecule has 1 unspecified atom stereocenters.